The molecule has 2 aromatic rings. The van der Waals surface area contributed by atoms with Crippen LogP contribution < -0.4 is 10.6 Å². The first-order valence-corrected chi connectivity index (χ1v) is 11.0. The molecule has 1 atom stereocenters. The van der Waals surface area contributed by atoms with Crippen molar-refractivity contribution in [3.63, 3.8) is 0 Å². The summed E-state index contributed by atoms with van der Waals surface area (Å²) in [4.78, 5) is 27.4. The first kappa shape index (κ1) is 22.2. The summed E-state index contributed by atoms with van der Waals surface area (Å²) in [5, 5.41) is 8.25. The molecule has 3 rings (SSSR count). The molecule has 1 aliphatic heterocycles. The van der Waals surface area contributed by atoms with Gasteiger partial charge in [0.25, 0.3) is 0 Å². The minimum Gasteiger partial charge on any atom is -0.382 e. The van der Waals surface area contributed by atoms with Crippen LogP contribution in [-0.2, 0) is 14.3 Å². The van der Waals surface area contributed by atoms with E-state index < -0.39 is 0 Å². The van der Waals surface area contributed by atoms with Crippen molar-refractivity contribution in [3.05, 3.63) is 42.5 Å². The van der Waals surface area contributed by atoms with E-state index in [0.717, 1.165) is 48.8 Å². The summed E-state index contributed by atoms with van der Waals surface area (Å²) in [5.74, 6) is 0.144. The Morgan fingerprint density at radius 3 is 2.63 bits per heavy atom. The Labute approximate surface area is 179 Å². The molecule has 0 spiro atoms. The highest BCUT2D eigenvalue weighted by Crippen LogP contribution is 2.24. The van der Waals surface area contributed by atoms with Crippen molar-refractivity contribution in [1.29, 1.82) is 0 Å². The maximum Gasteiger partial charge on any atom is 0.241 e. The second kappa shape index (κ2) is 11.1. The Morgan fingerprint density at radius 2 is 1.87 bits per heavy atom. The van der Waals surface area contributed by atoms with E-state index in [1.165, 1.54) is 0 Å². The van der Waals surface area contributed by atoms with Crippen LogP contribution in [0.15, 0.2) is 42.5 Å². The van der Waals surface area contributed by atoms with Crippen LogP contribution in [0.25, 0.3) is 10.8 Å². The van der Waals surface area contributed by atoms with Gasteiger partial charge >= 0.3 is 0 Å². The summed E-state index contributed by atoms with van der Waals surface area (Å²) in [5.41, 5.74) is 0.839. The number of ether oxygens (including phenoxy) is 1. The topological polar surface area (TPSA) is 70.7 Å². The summed E-state index contributed by atoms with van der Waals surface area (Å²) >= 11 is 0. The van der Waals surface area contributed by atoms with Gasteiger partial charge in [0.15, 0.2) is 0 Å². The lowest BCUT2D eigenvalue weighted by Gasteiger charge is -2.34. The Morgan fingerprint density at radius 1 is 1.13 bits per heavy atom. The zero-order chi connectivity index (χ0) is 21.3. The summed E-state index contributed by atoms with van der Waals surface area (Å²) in [7, 11) is 0. The fourth-order valence-corrected chi connectivity index (χ4v) is 3.96. The van der Waals surface area contributed by atoms with Crippen LogP contribution >= 0.6 is 0 Å². The van der Waals surface area contributed by atoms with Crippen molar-refractivity contribution in [2.75, 3.05) is 38.2 Å². The molecule has 0 aromatic heterocycles. The minimum absolute atomic E-state index is 0.00909. The van der Waals surface area contributed by atoms with Crippen LogP contribution in [-0.4, -0.2) is 55.6 Å². The molecule has 30 heavy (non-hydrogen) atoms. The zero-order valence-corrected chi connectivity index (χ0v) is 18.0. The highest BCUT2D eigenvalue weighted by molar-refractivity contribution is 6.03. The Kier molecular flexibility index (Phi) is 8.22. The number of carbonyl (C=O) groups excluding carboxylic acids is 2. The maximum absolute atomic E-state index is 12.9. The SMILES string of the molecule is CCOCCCNC(=O)C1CCN(C(C)C(=O)Nc2cccc3ccccc23)CC1. The van der Waals surface area contributed by atoms with Gasteiger partial charge in [-0.1, -0.05) is 36.4 Å². The highest BCUT2D eigenvalue weighted by atomic mass is 16.5. The Hall–Kier alpha value is -2.44. The molecule has 2 amide bonds. The van der Waals surface area contributed by atoms with Crippen LogP contribution in [0.2, 0.25) is 0 Å². The maximum atomic E-state index is 12.9. The van der Waals surface area contributed by atoms with Crippen molar-refractivity contribution < 1.29 is 14.3 Å². The van der Waals surface area contributed by atoms with Crippen LogP contribution in [0.3, 0.4) is 0 Å². The second-order valence-electron chi connectivity index (χ2n) is 7.84. The van der Waals surface area contributed by atoms with E-state index in [9.17, 15) is 9.59 Å². The first-order chi connectivity index (χ1) is 14.6. The largest absolute Gasteiger partial charge is 0.382 e. The quantitative estimate of drug-likeness (QED) is 0.621. The zero-order valence-electron chi connectivity index (χ0n) is 18.0. The number of anilines is 1. The van der Waals surface area contributed by atoms with E-state index in [1.54, 1.807) is 0 Å². The van der Waals surface area contributed by atoms with E-state index in [-0.39, 0.29) is 23.8 Å². The highest BCUT2D eigenvalue weighted by Gasteiger charge is 2.29. The molecule has 1 saturated heterocycles. The average molecular weight is 412 g/mol. The van der Waals surface area contributed by atoms with Gasteiger partial charge in [-0.25, -0.2) is 0 Å². The number of hydrogen-bond acceptors (Lipinski definition) is 4. The Bertz CT molecular complexity index is 841. The normalized spacial score (nSPS) is 16.3. The summed E-state index contributed by atoms with van der Waals surface area (Å²) in [6, 6.07) is 13.7. The number of hydrogen-bond donors (Lipinski definition) is 2. The molecule has 162 valence electrons. The van der Waals surface area contributed by atoms with Gasteiger partial charge in [0.2, 0.25) is 11.8 Å². The number of carbonyl (C=O) groups is 2. The number of rotatable bonds is 9. The molecule has 6 heteroatoms. The van der Waals surface area contributed by atoms with Crippen molar-refractivity contribution in [1.82, 2.24) is 10.2 Å². The van der Waals surface area contributed by atoms with Gasteiger partial charge in [-0.15, -0.1) is 0 Å². The van der Waals surface area contributed by atoms with Crippen LogP contribution in [0.5, 0.6) is 0 Å². The average Bonchev–Trinajstić information content (AvgIpc) is 2.78. The molecule has 2 N–H and O–H groups in total. The van der Waals surface area contributed by atoms with Gasteiger partial charge in [0.1, 0.15) is 0 Å². The van der Waals surface area contributed by atoms with E-state index in [0.29, 0.717) is 19.8 Å². The molecule has 1 unspecified atom stereocenters. The number of likely N-dealkylation sites (tertiary alicyclic amines) is 1. The predicted octanol–water partition coefficient (Wildman–Crippen LogP) is 3.42. The minimum atomic E-state index is -0.237. The first-order valence-electron chi connectivity index (χ1n) is 11.0. The summed E-state index contributed by atoms with van der Waals surface area (Å²) < 4.78 is 5.29. The van der Waals surface area contributed by atoms with E-state index in [1.807, 2.05) is 56.3 Å². The molecule has 1 aliphatic rings. The third kappa shape index (κ3) is 5.80. The molecule has 0 bridgehead atoms. The molecule has 1 fully saturated rings. The smallest absolute Gasteiger partial charge is 0.241 e. The number of nitrogens with zero attached hydrogens (tertiary/aromatic N) is 1. The number of piperidine rings is 1. The third-order valence-electron chi connectivity index (χ3n) is 5.84. The molecule has 1 heterocycles. The standard InChI is InChI=1S/C24H33N3O3/c1-3-30-17-7-14-25-24(29)20-12-15-27(16-13-20)18(2)23(28)26-22-11-6-9-19-8-4-5-10-21(19)22/h4-6,8-11,18,20H,3,7,12-17H2,1-2H3,(H,25,29)(H,26,28). The summed E-state index contributed by atoms with van der Waals surface area (Å²) in [6.07, 6.45) is 2.40. The molecular formula is C24H33N3O3. The summed E-state index contributed by atoms with van der Waals surface area (Å²) in [6.45, 7) is 7.45. The lowest BCUT2D eigenvalue weighted by molar-refractivity contribution is -0.127. The van der Waals surface area contributed by atoms with E-state index >= 15 is 0 Å². The van der Waals surface area contributed by atoms with E-state index in [4.69, 9.17) is 4.74 Å². The molecule has 0 aliphatic carbocycles. The molecule has 0 radical (unpaired) electrons. The van der Waals surface area contributed by atoms with Gasteiger partial charge in [-0.2, -0.15) is 0 Å². The number of amides is 2. The van der Waals surface area contributed by atoms with Gasteiger partial charge in [0, 0.05) is 36.8 Å². The van der Waals surface area contributed by atoms with Gasteiger partial charge in [-0.05, 0) is 57.7 Å². The number of benzene rings is 2. The van der Waals surface area contributed by atoms with Gasteiger partial charge in [-0.3, -0.25) is 14.5 Å². The van der Waals surface area contributed by atoms with Gasteiger partial charge < -0.3 is 15.4 Å². The lowest BCUT2D eigenvalue weighted by Crippen LogP contribution is -2.48. The number of nitrogens with one attached hydrogen (secondary N) is 2. The fraction of sp³-hybridized carbons (Fsp3) is 0.500. The van der Waals surface area contributed by atoms with Crippen molar-refractivity contribution in [2.24, 2.45) is 5.92 Å². The van der Waals surface area contributed by atoms with Crippen LogP contribution in [0.4, 0.5) is 5.69 Å². The van der Waals surface area contributed by atoms with E-state index in [2.05, 4.69) is 15.5 Å². The third-order valence-corrected chi connectivity index (χ3v) is 5.84. The molecule has 6 nitrogen and oxygen atoms in total. The van der Waals surface area contributed by atoms with Crippen molar-refractivity contribution in [3.8, 4) is 0 Å². The second-order valence-corrected chi connectivity index (χ2v) is 7.84. The van der Waals surface area contributed by atoms with Crippen molar-refractivity contribution in [2.45, 2.75) is 39.2 Å². The van der Waals surface area contributed by atoms with Gasteiger partial charge in [0.05, 0.1) is 6.04 Å². The Balaban J connectivity index is 1.47. The molecule has 0 saturated carbocycles. The van der Waals surface area contributed by atoms with Crippen molar-refractivity contribution >= 4 is 28.3 Å². The number of fused-ring (bicyclic) bond motifs is 1. The van der Waals surface area contributed by atoms with Crippen LogP contribution in [0.1, 0.15) is 33.1 Å². The molecule has 2 aromatic carbocycles. The van der Waals surface area contributed by atoms with Crippen LogP contribution in [0, 0.1) is 5.92 Å². The lowest BCUT2D eigenvalue weighted by atomic mass is 9.95. The predicted molar refractivity (Wildman–Crippen MR) is 120 cm³/mol. The fourth-order valence-electron chi connectivity index (χ4n) is 3.96. The monoisotopic (exact) mass is 411 g/mol. The molecular weight excluding hydrogens is 378 g/mol.